The summed E-state index contributed by atoms with van der Waals surface area (Å²) in [5.41, 5.74) is 1.29. The highest BCUT2D eigenvalue weighted by Gasteiger charge is 2.33. The molecule has 19 heavy (non-hydrogen) atoms. The summed E-state index contributed by atoms with van der Waals surface area (Å²) in [6, 6.07) is 5.76. The highest BCUT2D eigenvalue weighted by molar-refractivity contribution is 9.10. The van der Waals surface area contributed by atoms with Crippen LogP contribution < -0.4 is 10.2 Å². The topological polar surface area (TPSA) is 15.3 Å². The maximum atomic E-state index is 13.2. The molecule has 1 aliphatic rings. The van der Waals surface area contributed by atoms with Gasteiger partial charge in [-0.2, -0.15) is 0 Å². The smallest absolute Gasteiger partial charge is 0.124 e. The maximum absolute atomic E-state index is 13.2. The quantitative estimate of drug-likeness (QED) is 0.843. The third-order valence-corrected chi connectivity index (χ3v) is 4.47. The van der Waals surface area contributed by atoms with Crippen molar-refractivity contribution in [2.75, 3.05) is 18.0 Å². The van der Waals surface area contributed by atoms with Gasteiger partial charge in [0.05, 0.1) is 5.69 Å². The molecule has 0 radical (unpaired) electrons. The second kappa shape index (κ2) is 5.41. The van der Waals surface area contributed by atoms with E-state index in [0.29, 0.717) is 12.1 Å². The third kappa shape index (κ3) is 3.29. The molecule has 2 unspecified atom stereocenters. The van der Waals surface area contributed by atoms with Crippen molar-refractivity contribution in [2.24, 2.45) is 5.41 Å². The number of hydrogen-bond acceptors (Lipinski definition) is 2. The average molecular weight is 329 g/mol. The molecule has 1 aliphatic heterocycles. The van der Waals surface area contributed by atoms with Gasteiger partial charge >= 0.3 is 0 Å². The van der Waals surface area contributed by atoms with E-state index in [1.807, 2.05) is 6.07 Å². The van der Waals surface area contributed by atoms with E-state index in [2.05, 4.69) is 53.8 Å². The average Bonchev–Trinajstić information content (AvgIpc) is 2.29. The number of halogens is 2. The van der Waals surface area contributed by atoms with Crippen LogP contribution in [0.3, 0.4) is 0 Å². The van der Waals surface area contributed by atoms with Crippen molar-refractivity contribution in [3.05, 3.63) is 28.5 Å². The van der Waals surface area contributed by atoms with Crippen molar-refractivity contribution in [2.45, 2.75) is 39.8 Å². The second-order valence-corrected chi connectivity index (χ2v) is 7.28. The summed E-state index contributed by atoms with van der Waals surface area (Å²) in [5.74, 6) is -0.203. The third-order valence-electron chi connectivity index (χ3n) is 3.84. The Bertz CT molecular complexity index is 456. The molecule has 0 bridgehead atoms. The van der Waals surface area contributed by atoms with E-state index in [4.69, 9.17) is 0 Å². The Balaban J connectivity index is 2.26. The minimum absolute atomic E-state index is 0.203. The van der Waals surface area contributed by atoms with Crippen LogP contribution in [-0.2, 0) is 0 Å². The number of nitrogens with one attached hydrogen (secondary N) is 1. The lowest BCUT2D eigenvalue weighted by atomic mass is 9.84. The molecule has 2 atom stereocenters. The van der Waals surface area contributed by atoms with Gasteiger partial charge in [0.15, 0.2) is 0 Å². The Labute approximate surface area is 123 Å². The molecule has 4 heteroatoms. The van der Waals surface area contributed by atoms with Crippen LogP contribution in [0.5, 0.6) is 0 Å². The zero-order valence-corrected chi connectivity index (χ0v) is 13.6. The van der Waals surface area contributed by atoms with Crippen LogP contribution >= 0.6 is 15.9 Å². The lowest BCUT2D eigenvalue weighted by Gasteiger charge is -2.45. The standard InChI is InChI=1S/C15H22BrFN2/c1-10-8-18-14(15(2,3)4)9-19(10)13-6-5-11(17)7-12(13)16/h5-7,10,14,18H,8-9H2,1-4H3. The largest absolute Gasteiger partial charge is 0.365 e. The van der Waals surface area contributed by atoms with Crippen LogP contribution in [0.4, 0.5) is 10.1 Å². The SMILES string of the molecule is CC1CNC(C(C)(C)C)CN1c1ccc(F)cc1Br. The minimum atomic E-state index is -0.203. The number of nitrogens with zero attached hydrogens (tertiary/aromatic N) is 1. The van der Waals surface area contributed by atoms with Crippen LogP contribution in [0.1, 0.15) is 27.7 Å². The van der Waals surface area contributed by atoms with Crippen molar-refractivity contribution in [3.8, 4) is 0 Å². The predicted octanol–water partition coefficient (Wildman–Crippen LogP) is 3.80. The van der Waals surface area contributed by atoms with Crippen molar-refractivity contribution in [1.82, 2.24) is 5.32 Å². The Morgan fingerprint density at radius 1 is 1.37 bits per heavy atom. The molecule has 1 N–H and O–H groups in total. The molecule has 2 rings (SSSR count). The first-order valence-corrected chi connectivity index (χ1v) is 7.53. The number of hydrogen-bond donors (Lipinski definition) is 1. The molecule has 1 saturated heterocycles. The van der Waals surface area contributed by atoms with Gasteiger partial charge in [-0.25, -0.2) is 4.39 Å². The van der Waals surface area contributed by atoms with E-state index in [0.717, 1.165) is 23.2 Å². The van der Waals surface area contributed by atoms with Crippen molar-refractivity contribution in [3.63, 3.8) is 0 Å². The fourth-order valence-corrected chi connectivity index (χ4v) is 3.07. The van der Waals surface area contributed by atoms with Crippen molar-refractivity contribution >= 4 is 21.6 Å². The first-order valence-electron chi connectivity index (χ1n) is 6.74. The monoisotopic (exact) mass is 328 g/mol. The molecular weight excluding hydrogens is 307 g/mol. The Kier molecular flexibility index (Phi) is 4.21. The number of benzene rings is 1. The summed E-state index contributed by atoms with van der Waals surface area (Å²) >= 11 is 3.48. The molecule has 0 spiro atoms. The summed E-state index contributed by atoms with van der Waals surface area (Å²) in [6.07, 6.45) is 0. The maximum Gasteiger partial charge on any atom is 0.124 e. The van der Waals surface area contributed by atoms with Gasteiger partial charge in [-0.05, 0) is 46.5 Å². The van der Waals surface area contributed by atoms with Crippen LogP contribution in [0.25, 0.3) is 0 Å². The summed E-state index contributed by atoms with van der Waals surface area (Å²) in [5, 5.41) is 3.61. The zero-order valence-electron chi connectivity index (χ0n) is 12.0. The Hall–Kier alpha value is -0.610. The number of piperazine rings is 1. The first-order chi connectivity index (χ1) is 8.79. The molecule has 1 aromatic carbocycles. The molecule has 0 saturated carbocycles. The van der Waals surface area contributed by atoms with Crippen molar-refractivity contribution in [1.29, 1.82) is 0 Å². The van der Waals surface area contributed by atoms with Gasteiger partial charge in [0.2, 0.25) is 0 Å². The van der Waals surface area contributed by atoms with Gasteiger partial charge in [0, 0.05) is 29.6 Å². The highest BCUT2D eigenvalue weighted by Crippen LogP contribution is 2.32. The van der Waals surface area contributed by atoms with E-state index in [-0.39, 0.29) is 11.2 Å². The molecule has 0 amide bonds. The van der Waals surface area contributed by atoms with Crippen LogP contribution in [-0.4, -0.2) is 25.2 Å². The zero-order chi connectivity index (χ0) is 14.2. The number of anilines is 1. The minimum Gasteiger partial charge on any atom is -0.365 e. The molecule has 106 valence electrons. The molecule has 0 aromatic heterocycles. The van der Waals surface area contributed by atoms with E-state index < -0.39 is 0 Å². The Morgan fingerprint density at radius 2 is 2.05 bits per heavy atom. The van der Waals surface area contributed by atoms with Gasteiger partial charge in [-0.15, -0.1) is 0 Å². The fraction of sp³-hybridized carbons (Fsp3) is 0.600. The Morgan fingerprint density at radius 3 is 2.63 bits per heavy atom. The molecular formula is C15H22BrFN2. The summed E-state index contributed by atoms with van der Waals surface area (Å²) in [4.78, 5) is 2.36. The summed E-state index contributed by atoms with van der Waals surface area (Å²) in [7, 11) is 0. The fourth-order valence-electron chi connectivity index (χ4n) is 2.49. The predicted molar refractivity (Wildman–Crippen MR) is 82.2 cm³/mol. The number of rotatable bonds is 1. The van der Waals surface area contributed by atoms with Crippen LogP contribution in [0, 0.1) is 11.2 Å². The van der Waals surface area contributed by atoms with E-state index >= 15 is 0 Å². The van der Waals surface area contributed by atoms with Crippen molar-refractivity contribution < 1.29 is 4.39 Å². The molecule has 1 fully saturated rings. The lowest BCUT2D eigenvalue weighted by Crippen LogP contribution is -2.59. The van der Waals surface area contributed by atoms with E-state index in [1.54, 1.807) is 0 Å². The van der Waals surface area contributed by atoms with Crippen LogP contribution in [0.2, 0.25) is 0 Å². The molecule has 1 aromatic rings. The second-order valence-electron chi connectivity index (χ2n) is 6.42. The molecule has 1 heterocycles. The molecule has 0 aliphatic carbocycles. The van der Waals surface area contributed by atoms with E-state index in [9.17, 15) is 4.39 Å². The van der Waals surface area contributed by atoms with Gasteiger partial charge in [-0.3, -0.25) is 0 Å². The van der Waals surface area contributed by atoms with E-state index in [1.165, 1.54) is 12.1 Å². The summed E-state index contributed by atoms with van der Waals surface area (Å²) < 4.78 is 14.0. The van der Waals surface area contributed by atoms with Gasteiger partial charge in [0.1, 0.15) is 5.82 Å². The first kappa shape index (κ1) is 14.8. The van der Waals surface area contributed by atoms with Gasteiger partial charge in [-0.1, -0.05) is 20.8 Å². The van der Waals surface area contributed by atoms with Crippen LogP contribution in [0.15, 0.2) is 22.7 Å². The highest BCUT2D eigenvalue weighted by atomic mass is 79.9. The van der Waals surface area contributed by atoms with Gasteiger partial charge in [0.25, 0.3) is 0 Å². The van der Waals surface area contributed by atoms with Gasteiger partial charge < -0.3 is 10.2 Å². The normalized spacial score (nSPS) is 24.6. The molecule has 2 nitrogen and oxygen atoms in total. The lowest BCUT2D eigenvalue weighted by molar-refractivity contribution is 0.239. The summed E-state index contributed by atoms with van der Waals surface area (Å²) in [6.45, 7) is 10.8.